The molecule has 1 fully saturated rings. The molecular formula is C16H25FN2O. The van der Waals surface area contributed by atoms with E-state index in [1.165, 1.54) is 12.5 Å². The monoisotopic (exact) mass is 280 g/mol. The van der Waals surface area contributed by atoms with Crippen LogP contribution < -0.4 is 4.90 Å². The quantitative estimate of drug-likeness (QED) is 0.922. The topological polar surface area (TPSA) is 26.7 Å². The summed E-state index contributed by atoms with van der Waals surface area (Å²) in [6, 6.07) is 3.86. The van der Waals surface area contributed by atoms with Gasteiger partial charge in [0.15, 0.2) is 0 Å². The molecule has 0 amide bonds. The predicted molar refractivity (Wildman–Crippen MR) is 80.7 cm³/mol. The molecule has 0 radical (unpaired) electrons. The van der Waals surface area contributed by atoms with E-state index in [0.717, 1.165) is 25.2 Å². The molecule has 1 saturated heterocycles. The summed E-state index contributed by atoms with van der Waals surface area (Å²) in [6.07, 6.45) is 1.66. The molecule has 4 heteroatoms. The maximum Gasteiger partial charge on any atom is 0.126 e. The van der Waals surface area contributed by atoms with Crippen LogP contribution in [0.25, 0.3) is 0 Å². The molecule has 112 valence electrons. The number of benzene rings is 1. The maximum atomic E-state index is 13.8. The summed E-state index contributed by atoms with van der Waals surface area (Å²) in [5.74, 6) is -0.245. The molecule has 1 N–H and O–H groups in total. The van der Waals surface area contributed by atoms with Crippen LogP contribution in [-0.2, 0) is 0 Å². The number of aliphatic hydroxyl groups is 1. The van der Waals surface area contributed by atoms with Crippen molar-refractivity contribution in [3.8, 4) is 0 Å². The third-order valence-corrected chi connectivity index (χ3v) is 4.23. The number of aryl methyl sites for hydroxylation is 1. The fourth-order valence-electron chi connectivity index (χ4n) is 2.89. The van der Waals surface area contributed by atoms with E-state index in [1.807, 2.05) is 6.07 Å². The van der Waals surface area contributed by atoms with Crippen LogP contribution in [0.2, 0.25) is 0 Å². The number of aliphatic hydroxyl groups excluding tert-OH is 1. The van der Waals surface area contributed by atoms with E-state index in [4.69, 9.17) is 0 Å². The lowest BCUT2D eigenvalue weighted by Gasteiger charge is -2.38. The third kappa shape index (κ3) is 3.13. The van der Waals surface area contributed by atoms with Crippen LogP contribution in [0.5, 0.6) is 0 Å². The van der Waals surface area contributed by atoms with E-state index in [1.54, 1.807) is 13.8 Å². The van der Waals surface area contributed by atoms with Crippen LogP contribution in [0.15, 0.2) is 12.1 Å². The minimum Gasteiger partial charge on any atom is -0.389 e. The van der Waals surface area contributed by atoms with Gasteiger partial charge < -0.3 is 14.9 Å². The van der Waals surface area contributed by atoms with Gasteiger partial charge >= 0.3 is 0 Å². The number of nitrogens with zero attached hydrogens (tertiary/aromatic N) is 2. The predicted octanol–water partition coefficient (Wildman–Crippen LogP) is 2.72. The van der Waals surface area contributed by atoms with Crippen LogP contribution in [0.3, 0.4) is 0 Å². The van der Waals surface area contributed by atoms with Crippen LogP contribution in [0.1, 0.15) is 37.0 Å². The Morgan fingerprint density at radius 3 is 2.70 bits per heavy atom. The largest absolute Gasteiger partial charge is 0.389 e. The van der Waals surface area contributed by atoms with Crippen molar-refractivity contribution >= 4 is 5.69 Å². The Hall–Kier alpha value is -1.13. The van der Waals surface area contributed by atoms with Crippen molar-refractivity contribution in [2.24, 2.45) is 0 Å². The Morgan fingerprint density at radius 1 is 1.40 bits per heavy atom. The third-order valence-electron chi connectivity index (χ3n) is 4.23. The molecule has 20 heavy (non-hydrogen) atoms. The highest BCUT2D eigenvalue weighted by Crippen LogP contribution is 2.31. The first kappa shape index (κ1) is 15.3. The normalized spacial score (nSPS) is 21.4. The Kier molecular flexibility index (Phi) is 4.66. The molecule has 2 rings (SSSR count). The zero-order valence-electron chi connectivity index (χ0n) is 12.9. The number of hydrogen-bond donors (Lipinski definition) is 1. The molecule has 1 unspecified atom stereocenters. The van der Waals surface area contributed by atoms with Gasteiger partial charge in [0, 0.05) is 30.4 Å². The highest BCUT2D eigenvalue weighted by Gasteiger charge is 2.24. The molecule has 2 atom stereocenters. The van der Waals surface area contributed by atoms with E-state index in [0.29, 0.717) is 17.2 Å². The first-order valence-corrected chi connectivity index (χ1v) is 7.29. The average Bonchev–Trinajstić information content (AvgIpc) is 2.41. The lowest BCUT2D eigenvalue weighted by atomic mass is 9.99. The molecule has 1 heterocycles. The highest BCUT2D eigenvalue weighted by molar-refractivity contribution is 5.57. The van der Waals surface area contributed by atoms with E-state index in [9.17, 15) is 9.50 Å². The van der Waals surface area contributed by atoms with Gasteiger partial charge in [0.1, 0.15) is 5.82 Å². The van der Waals surface area contributed by atoms with Gasteiger partial charge in [0.25, 0.3) is 0 Å². The molecule has 0 saturated carbocycles. The zero-order chi connectivity index (χ0) is 14.9. The summed E-state index contributed by atoms with van der Waals surface area (Å²) in [6.45, 7) is 5.37. The molecule has 0 aromatic heterocycles. The van der Waals surface area contributed by atoms with Gasteiger partial charge in [-0.3, -0.25) is 0 Å². The Balaban J connectivity index is 2.33. The second kappa shape index (κ2) is 6.10. The van der Waals surface area contributed by atoms with Crippen LogP contribution in [0.4, 0.5) is 10.1 Å². The second-order valence-corrected chi connectivity index (χ2v) is 6.04. The fourth-order valence-corrected chi connectivity index (χ4v) is 2.89. The standard InChI is InChI=1S/C16H25FN2O/c1-11-8-16(14(12(2)20)9-15(11)17)19-7-5-6-13(10-19)18(3)4/h8-9,12-13,20H,5-7,10H2,1-4H3/t12-,13?/m1/s1. The van der Waals surface area contributed by atoms with E-state index in [2.05, 4.69) is 23.9 Å². The average molecular weight is 280 g/mol. The molecule has 0 bridgehead atoms. The Morgan fingerprint density at radius 2 is 2.10 bits per heavy atom. The minimum atomic E-state index is -0.653. The van der Waals surface area contributed by atoms with E-state index < -0.39 is 6.10 Å². The highest BCUT2D eigenvalue weighted by atomic mass is 19.1. The van der Waals surface area contributed by atoms with Gasteiger partial charge in [-0.15, -0.1) is 0 Å². The van der Waals surface area contributed by atoms with Crippen molar-refractivity contribution in [2.45, 2.75) is 38.8 Å². The summed E-state index contributed by atoms with van der Waals surface area (Å²) in [7, 11) is 4.19. The number of anilines is 1. The molecule has 1 aromatic carbocycles. The number of piperidine rings is 1. The van der Waals surface area contributed by atoms with Crippen molar-refractivity contribution in [1.82, 2.24) is 4.90 Å². The summed E-state index contributed by atoms with van der Waals surface area (Å²) in [5, 5.41) is 9.92. The van der Waals surface area contributed by atoms with Crippen molar-refractivity contribution in [3.63, 3.8) is 0 Å². The smallest absolute Gasteiger partial charge is 0.126 e. The first-order valence-electron chi connectivity index (χ1n) is 7.29. The van der Waals surface area contributed by atoms with Gasteiger partial charge in [-0.2, -0.15) is 0 Å². The Labute approximate surface area is 121 Å². The van der Waals surface area contributed by atoms with Gasteiger partial charge in [-0.1, -0.05) is 0 Å². The van der Waals surface area contributed by atoms with Gasteiger partial charge in [0.05, 0.1) is 6.10 Å². The number of rotatable bonds is 3. The lowest BCUT2D eigenvalue weighted by molar-refractivity contribution is 0.198. The zero-order valence-corrected chi connectivity index (χ0v) is 12.9. The van der Waals surface area contributed by atoms with E-state index in [-0.39, 0.29) is 5.82 Å². The molecular weight excluding hydrogens is 255 g/mol. The summed E-state index contributed by atoms with van der Waals surface area (Å²) in [4.78, 5) is 4.52. The molecule has 0 spiro atoms. The number of halogens is 1. The first-order chi connectivity index (χ1) is 9.40. The summed E-state index contributed by atoms with van der Waals surface area (Å²) in [5.41, 5.74) is 2.30. The van der Waals surface area contributed by atoms with E-state index >= 15 is 0 Å². The minimum absolute atomic E-state index is 0.245. The van der Waals surface area contributed by atoms with Gasteiger partial charge in [-0.25, -0.2) is 4.39 Å². The van der Waals surface area contributed by atoms with Crippen molar-refractivity contribution in [1.29, 1.82) is 0 Å². The molecule has 3 nitrogen and oxygen atoms in total. The number of likely N-dealkylation sites (N-methyl/N-ethyl adjacent to an activating group) is 1. The Bertz CT molecular complexity index is 474. The van der Waals surface area contributed by atoms with Crippen molar-refractivity contribution < 1.29 is 9.50 Å². The summed E-state index contributed by atoms with van der Waals surface area (Å²) < 4.78 is 13.8. The number of hydrogen-bond acceptors (Lipinski definition) is 3. The second-order valence-electron chi connectivity index (χ2n) is 6.04. The fraction of sp³-hybridized carbons (Fsp3) is 0.625. The summed E-state index contributed by atoms with van der Waals surface area (Å²) >= 11 is 0. The van der Waals surface area contributed by atoms with Crippen LogP contribution in [-0.4, -0.2) is 43.2 Å². The van der Waals surface area contributed by atoms with Gasteiger partial charge in [0.2, 0.25) is 0 Å². The van der Waals surface area contributed by atoms with Crippen molar-refractivity contribution in [3.05, 3.63) is 29.1 Å². The van der Waals surface area contributed by atoms with Crippen LogP contribution >= 0.6 is 0 Å². The van der Waals surface area contributed by atoms with Crippen LogP contribution in [0, 0.1) is 12.7 Å². The van der Waals surface area contributed by atoms with Gasteiger partial charge in [-0.05, 0) is 58.5 Å². The lowest BCUT2D eigenvalue weighted by Crippen LogP contribution is -2.45. The molecule has 0 aliphatic carbocycles. The SMILES string of the molecule is Cc1cc(N2CCCC(N(C)C)C2)c([C@@H](C)O)cc1F. The van der Waals surface area contributed by atoms with Crippen molar-refractivity contribution in [2.75, 3.05) is 32.1 Å². The molecule has 1 aliphatic heterocycles. The maximum absolute atomic E-state index is 13.8. The molecule has 1 aromatic rings. The molecule has 1 aliphatic rings.